The number of carbonyl (C=O) groups is 1. The van der Waals surface area contributed by atoms with Gasteiger partial charge in [0.25, 0.3) is 11.6 Å². The van der Waals surface area contributed by atoms with Crippen molar-refractivity contribution in [2.24, 2.45) is 5.10 Å². The van der Waals surface area contributed by atoms with Crippen LogP contribution in [-0.2, 0) is 4.79 Å². The van der Waals surface area contributed by atoms with Crippen molar-refractivity contribution in [3.8, 4) is 11.5 Å². The fourth-order valence-electron chi connectivity index (χ4n) is 2.06. The fraction of sp³-hybridized carbons (Fsp3) is 0.176. The molecule has 130 valence electrons. The average Bonchev–Trinajstić information content (AvgIpc) is 2.64. The molecule has 0 saturated heterocycles. The molecule has 0 bridgehead atoms. The van der Waals surface area contributed by atoms with Crippen LogP contribution in [0.5, 0.6) is 11.5 Å². The van der Waals surface area contributed by atoms with E-state index in [1.165, 1.54) is 13.2 Å². The molecule has 0 unspecified atom stereocenters. The second-order valence-electron chi connectivity index (χ2n) is 4.95. The molecule has 8 heteroatoms. The molecule has 2 rings (SSSR count). The van der Waals surface area contributed by atoms with Crippen molar-refractivity contribution in [2.45, 2.75) is 6.92 Å². The van der Waals surface area contributed by atoms with Crippen molar-refractivity contribution < 1.29 is 19.2 Å². The molecule has 0 saturated carbocycles. The molecule has 0 aliphatic heterocycles. The lowest BCUT2D eigenvalue weighted by atomic mass is 10.1. The van der Waals surface area contributed by atoms with Gasteiger partial charge < -0.3 is 9.47 Å². The zero-order valence-corrected chi connectivity index (χ0v) is 13.8. The molecule has 0 heterocycles. The van der Waals surface area contributed by atoms with E-state index in [0.29, 0.717) is 22.8 Å². The van der Waals surface area contributed by atoms with Gasteiger partial charge in [0.15, 0.2) is 18.1 Å². The van der Waals surface area contributed by atoms with Gasteiger partial charge in [-0.3, -0.25) is 14.9 Å². The minimum Gasteiger partial charge on any atom is -0.493 e. The van der Waals surface area contributed by atoms with Gasteiger partial charge in [-0.25, -0.2) is 5.43 Å². The summed E-state index contributed by atoms with van der Waals surface area (Å²) < 4.78 is 10.5. The third kappa shape index (κ3) is 4.77. The minimum atomic E-state index is -0.499. The molecule has 0 aliphatic carbocycles. The fourth-order valence-corrected chi connectivity index (χ4v) is 2.06. The van der Waals surface area contributed by atoms with Crippen LogP contribution < -0.4 is 14.9 Å². The molecule has 1 N–H and O–H groups in total. The molecule has 25 heavy (non-hydrogen) atoms. The van der Waals surface area contributed by atoms with E-state index in [9.17, 15) is 14.9 Å². The van der Waals surface area contributed by atoms with Crippen LogP contribution in [0.4, 0.5) is 5.69 Å². The Morgan fingerprint density at radius 1 is 1.16 bits per heavy atom. The zero-order chi connectivity index (χ0) is 18.2. The summed E-state index contributed by atoms with van der Waals surface area (Å²) in [5.74, 6) is 0.443. The first kappa shape index (κ1) is 17.9. The highest BCUT2D eigenvalue weighted by Gasteiger charge is 2.15. The van der Waals surface area contributed by atoms with Gasteiger partial charge in [-0.1, -0.05) is 24.3 Å². The van der Waals surface area contributed by atoms with Gasteiger partial charge >= 0.3 is 0 Å². The second-order valence-corrected chi connectivity index (χ2v) is 4.95. The Morgan fingerprint density at radius 2 is 1.80 bits per heavy atom. The number of amides is 1. The maximum atomic E-state index is 11.9. The van der Waals surface area contributed by atoms with Crippen LogP contribution in [0.15, 0.2) is 53.6 Å². The summed E-state index contributed by atoms with van der Waals surface area (Å²) in [6.07, 6.45) is 0. The first-order chi connectivity index (χ1) is 12.0. The second kappa shape index (κ2) is 8.44. The highest BCUT2D eigenvalue weighted by atomic mass is 16.6. The van der Waals surface area contributed by atoms with Crippen molar-refractivity contribution in [1.29, 1.82) is 0 Å². The van der Waals surface area contributed by atoms with Crippen LogP contribution >= 0.6 is 0 Å². The number of benzene rings is 2. The predicted octanol–water partition coefficient (Wildman–Crippen LogP) is 2.52. The van der Waals surface area contributed by atoms with E-state index < -0.39 is 10.8 Å². The molecule has 2 aromatic rings. The topological polar surface area (TPSA) is 103 Å². The maximum absolute atomic E-state index is 11.9. The van der Waals surface area contributed by atoms with Crippen molar-refractivity contribution >= 4 is 17.3 Å². The number of carbonyl (C=O) groups excluding carboxylic acids is 1. The Bertz CT molecular complexity index is 804. The SMILES string of the molecule is COc1ccccc1OCC(=O)N/N=C(/C)c1ccccc1[N+](=O)[O-]. The van der Waals surface area contributed by atoms with Crippen molar-refractivity contribution in [3.63, 3.8) is 0 Å². The summed E-state index contributed by atoms with van der Waals surface area (Å²) >= 11 is 0. The van der Waals surface area contributed by atoms with Crippen LogP contribution in [0.3, 0.4) is 0 Å². The first-order valence-electron chi connectivity index (χ1n) is 7.35. The third-order valence-electron chi connectivity index (χ3n) is 3.27. The van der Waals surface area contributed by atoms with E-state index in [-0.39, 0.29) is 12.3 Å². The van der Waals surface area contributed by atoms with E-state index in [2.05, 4.69) is 10.5 Å². The summed E-state index contributed by atoms with van der Waals surface area (Å²) in [4.78, 5) is 22.4. The Kier molecular flexibility index (Phi) is 6.05. The highest BCUT2D eigenvalue weighted by Crippen LogP contribution is 2.25. The number of hydrazone groups is 1. The van der Waals surface area contributed by atoms with Gasteiger partial charge in [0, 0.05) is 6.07 Å². The number of hydrogen-bond acceptors (Lipinski definition) is 6. The average molecular weight is 343 g/mol. The number of nitrogens with zero attached hydrogens (tertiary/aromatic N) is 2. The lowest BCUT2D eigenvalue weighted by Crippen LogP contribution is -2.25. The monoisotopic (exact) mass is 343 g/mol. The Hall–Kier alpha value is -3.42. The number of nitro benzene ring substituents is 1. The molecule has 0 radical (unpaired) electrons. The number of hydrogen-bond donors (Lipinski definition) is 1. The number of rotatable bonds is 7. The summed E-state index contributed by atoms with van der Waals surface area (Å²) in [6, 6.07) is 13.1. The van der Waals surface area contributed by atoms with E-state index in [4.69, 9.17) is 9.47 Å². The van der Waals surface area contributed by atoms with Crippen LogP contribution in [-0.4, -0.2) is 30.3 Å². The number of nitro groups is 1. The number of ether oxygens (including phenoxy) is 2. The van der Waals surface area contributed by atoms with E-state index in [1.54, 1.807) is 49.4 Å². The molecule has 0 aromatic heterocycles. The third-order valence-corrected chi connectivity index (χ3v) is 3.27. The molecule has 0 spiro atoms. The molecular formula is C17H17N3O5. The predicted molar refractivity (Wildman–Crippen MR) is 91.9 cm³/mol. The van der Waals surface area contributed by atoms with Crippen LogP contribution in [0.1, 0.15) is 12.5 Å². The van der Waals surface area contributed by atoms with Gasteiger partial charge in [0.05, 0.1) is 23.3 Å². The number of methoxy groups -OCH3 is 1. The summed E-state index contributed by atoms with van der Waals surface area (Å²) in [5, 5.41) is 14.9. The standard InChI is InChI=1S/C17H17N3O5/c1-12(13-7-3-4-8-14(13)20(22)23)18-19-17(21)11-25-16-10-6-5-9-15(16)24-2/h3-10H,11H2,1-2H3,(H,19,21)/b18-12-. The van der Waals surface area contributed by atoms with Crippen molar-refractivity contribution in [3.05, 3.63) is 64.2 Å². The smallest absolute Gasteiger partial charge is 0.278 e. The first-order valence-corrected chi connectivity index (χ1v) is 7.35. The van der Waals surface area contributed by atoms with E-state index in [1.807, 2.05) is 0 Å². The minimum absolute atomic E-state index is 0.0803. The van der Waals surface area contributed by atoms with E-state index in [0.717, 1.165) is 0 Å². The van der Waals surface area contributed by atoms with Gasteiger partial charge in [-0.05, 0) is 25.1 Å². The molecule has 0 aliphatic rings. The molecule has 1 amide bonds. The summed E-state index contributed by atoms with van der Waals surface area (Å²) in [7, 11) is 1.50. The normalized spacial score (nSPS) is 10.9. The van der Waals surface area contributed by atoms with Gasteiger partial charge in [-0.2, -0.15) is 5.10 Å². The van der Waals surface area contributed by atoms with Crippen molar-refractivity contribution in [2.75, 3.05) is 13.7 Å². The zero-order valence-electron chi connectivity index (χ0n) is 13.8. The molecule has 2 aromatic carbocycles. The number of nitrogens with one attached hydrogen (secondary N) is 1. The van der Waals surface area contributed by atoms with Crippen molar-refractivity contribution in [1.82, 2.24) is 5.43 Å². The summed E-state index contributed by atoms with van der Waals surface area (Å²) in [6.45, 7) is 1.30. The van der Waals surface area contributed by atoms with Crippen LogP contribution in [0.2, 0.25) is 0 Å². The Labute approximate surface area is 144 Å². The van der Waals surface area contributed by atoms with Crippen LogP contribution in [0, 0.1) is 10.1 Å². The van der Waals surface area contributed by atoms with Gasteiger partial charge in [0.1, 0.15) is 0 Å². The molecule has 0 fully saturated rings. The van der Waals surface area contributed by atoms with E-state index >= 15 is 0 Å². The highest BCUT2D eigenvalue weighted by molar-refractivity contribution is 6.02. The Balaban J connectivity index is 1.99. The quantitative estimate of drug-likeness (QED) is 0.473. The largest absolute Gasteiger partial charge is 0.493 e. The molecule has 8 nitrogen and oxygen atoms in total. The van der Waals surface area contributed by atoms with Gasteiger partial charge in [-0.15, -0.1) is 0 Å². The summed E-state index contributed by atoms with van der Waals surface area (Å²) in [5.41, 5.74) is 2.88. The van der Waals surface area contributed by atoms with Gasteiger partial charge in [0.2, 0.25) is 0 Å². The lowest BCUT2D eigenvalue weighted by molar-refractivity contribution is -0.385. The Morgan fingerprint density at radius 3 is 2.48 bits per heavy atom. The lowest BCUT2D eigenvalue weighted by Gasteiger charge is -2.09. The number of para-hydroxylation sites is 3. The maximum Gasteiger partial charge on any atom is 0.278 e. The molecular weight excluding hydrogens is 326 g/mol. The molecule has 0 atom stereocenters. The van der Waals surface area contributed by atoms with Crippen LogP contribution in [0.25, 0.3) is 0 Å².